The van der Waals surface area contributed by atoms with Crippen LogP contribution >= 0.6 is 0 Å². The maximum Gasteiger partial charge on any atom is 0.0981 e. The van der Waals surface area contributed by atoms with Gasteiger partial charge in [-0.05, 0) is 30.7 Å². The van der Waals surface area contributed by atoms with Crippen molar-refractivity contribution in [2.45, 2.75) is 6.92 Å². The first-order valence-electron chi connectivity index (χ1n) is 4.36. The second kappa shape index (κ2) is 3.10. The summed E-state index contributed by atoms with van der Waals surface area (Å²) in [5.74, 6) is 0. The van der Waals surface area contributed by atoms with Crippen molar-refractivity contribution in [3.8, 4) is 11.1 Å². The molecule has 4 N–H and O–H groups in total. The zero-order chi connectivity index (χ0) is 10.1. The number of nitrogen functional groups attached to an aromatic ring is 2. The minimum absolute atomic E-state index is 0.716. The molecule has 0 saturated carbocycles. The van der Waals surface area contributed by atoms with Crippen molar-refractivity contribution >= 4 is 11.4 Å². The van der Waals surface area contributed by atoms with Gasteiger partial charge >= 0.3 is 0 Å². The van der Waals surface area contributed by atoms with E-state index >= 15 is 0 Å². The van der Waals surface area contributed by atoms with Crippen LogP contribution < -0.4 is 11.5 Å². The van der Waals surface area contributed by atoms with Crippen LogP contribution in [-0.2, 0) is 0 Å². The third-order valence-electron chi connectivity index (χ3n) is 2.24. The summed E-state index contributed by atoms with van der Waals surface area (Å²) in [6, 6.07) is 5.58. The summed E-state index contributed by atoms with van der Waals surface area (Å²) >= 11 is 0. The highest BCUT2D eigenvalue weighted by Crippen LogP contribution is 2.30. The lowest BCUT2D eigenvalue weighted by Crippen LogP contribution is -1.96. The van der Waals surface area contributed by atoms with E-state index in [1.807, 2.05) is 25.1 Å². The van der Waals surface area contributed by atoms with Gasteiger partial charge in [-0.25, -0.2) is 0 Å². The molecular formula is C11H12N2O. The van der Waals surface area contributed by atoms with Gasteiger partial charge in [0.05, 0.1) is 12.5 Å². The maximum atomic E-state index is 5.95. The van der Waals surface area contributed by atoms with Gasteiger partial charge in [0, 0.05) is 22.5 Å². The van der Waals surface area contributed by atoms with Gasteiger partial charge < -0.3 is 15.9 Å². The van der Waals surface area contributed by atoms with E-state index in [2.05, 4.69) is 0 Å². The van der Waals surface area contributed by atoms with Crippen molar-refractivity contribution in [1.82, 2.24) is 0 Å². The Morgan fingerprint density at radius 1 is 1.21 bits per heavy atom. The Balaban J connectivity index is 2.64. The Morgan fingerprint density at radius 2 is 2.00 bits per heavy atom. The highest BCUT2D eigenvalue weighted by Gasteiger charge is 2.06. The number of nitrogens with two attached hydrogens (primary N) is 2. The minimum Gasteiger partial charge on any atom is -0.472 e. The van der Waals surface area contributed by atoms with Crippen molar-refractivity contribution in [3.05, 3.63) is 36.3 Å². The SMILES string of the molecule is Cc1cc(N)cc(-c2ccoc2)c1N. The van der Waals surface area contributed by atoms with Gasteiger partial charge in [-0.1, -0.05) is 0 Å². The number of anilines is 2. The van der Waals surface area contributed by atoms with Crippen molar-refractivity contribution in [1.29, 1.82) is 0 Å². The smallest absolute Gasteiger partial charge is 0.0981 e. The minimum atomic E-state index is 0.716. The summed E-state index contributed by atoms with van der Waals surface area (Å²) < 4.78 is 5.01. The van der Waals surface area contributed by atoms with Crippen molar-refractivity contribution < 1.29 is 4.42 Å². The molecule has 3 nitrogen and oxygen atoms in total. The molecule has 2 aromatic rings. The molecule has 2 rings (SSSR count). The van der Waals surface area contributed by atoms with Crippen molar-refractivity contribution in [2.75, 3.05) is 11.5 Å². The molecule has 72 valence electrons. The maximum absolute atomic E-state index is 5.95. The van der Waals surface area contributed by atoms with Crippen LogP contribution in [-0.4, -0.2) is 0 Å². The average molecular weight is 188 g/mol. The first-order chi connectivity index (χ1) is 6.68. The van der Waals surface area contributed by atoms with Gasteiger partial charge in [0.1, 0.15) is 0 Å². The van der Waals surface area contributed by atoms with E-state index in [1.54, 1.807) is 12.5 Å². The Labute approximate surface area is 82.3 Å². The number of furan rings is 1. The van der Waals surface area contributed by atoms with E-state index in [1.165, 1.54) is 0 Å². The number of hydrogen-bond donors (Lipinski definition) is 2. The van der Waals surface area contributed by atoms with Gasteiger partial charge in [0.15, 0.2) is 0 Å². The number of aryl methyl sites for hydroxylation is 1. The molecule has 0 bridgehead atoms. The molecule has 0 amide bonds. The normalized spacial score (nSPS) is 10.4. The molecule has 1 heterocycles. The second-order valence-electron chi connectivity index (χ2n) is 3.31. The highest BCUT2D eigenvalue weighted by molar-refractivity contribution is 5.80. The summed E-state index contributed by atoms with van der Waals surface area (Å²) in [5, 5.41) is 0. The van der Waals surface area contributed by atoms with Crippen LogP contribution in [0.15, 0.2) is 35.1 Å². The largest absolute Gasteiger partial charge is 0.472 e. The predicted molar refractivity (Wildman–Crippen MR) is 57.7 cm³/mol. The molecule has 1 aromatic heterocycles. The third-order valence-corrected chi connectivity index (χ3v) is 2.24. The van der Waals surface area contributed by atoms with Gasteiger partial charge in [-0.3, -0.25) is 0 Å². The molecule has 0 spiro atoms. The van der Waals surface area contributed by atoms with E-state index in [0.717, 1.165) is 22.4 Å². The zero-order valence-electron chi connectivity index (χ0n) is 7.95. The lowest BCUT2D eigenvalue weighted by Gasteiger charge is -2.07. The summed E-state index contributed by atoms with van der Waals surface area (Å²) in [6.45, 7) is 1.94. The Kier molecular flexibility index (Phi) is 1.93. The quantitative estimate of drug-likeness (QED) is 0.675. The Bertz CT molecular complexity index is 447. The lowest BCUT2D eigenvalue weighted by molar-refractivity contribution is 0.568. The number of rotatable bonds is 1. The molecule has 0 unspecified atom stereocenters. The summed E-state index contributed by atoms with van der Waals surface area (Å²) in [4.78, 5) is 0. The molecule has 0 aliphatic rings. The van der Waals surface area contributed by atoms with E-state index in [9.17, 15) is 0 Å². The van der Waals surface area contributed by atoms with E-state index in [-0.39, 0.29) is 0 Å². The van der Waals surface area contributed by atoms with Crippen LogP contribution in [0.3, 0.4) is 0 Å². The standard InChI is InChI=1S/C11H12N2O/c1-7-4-9(12)5-10(11(7)13)8-2-3-14-6-8/h2-6H,12-13H2,1H3. The van der Waals surface area contributed by atoms with E-state index in [0.29, 0.717) is 5.69 Å². The highest BCUT2D eigenvalue weighted by atomic mass is 16.3. The summed E-state index contributed by atoms with van der Waals surface area (Å²) in [5.41, 5.74) is 16.0. The fourth-order valence-corrected chi connectivity index (χ4v) is 1.48. The number of benzene rings is 1. The van der Waals surface area contributed by atoms with Crippen LogP contribution in [0.1, 0.15) is 5.56 Å². The zero-order valence-corrected chi connectivity index (χ0v) is 7.95. The lowest BCUT2D eigenvalue weighted by atomic mass is 10.0. The summed E-state index contributed by atoms with van der Waals surface area (Å²) in [6.07, 6.45) is 3.28. The van der Waals surface area contributed by atoms with Crippen molar-refractivity contribution in [2.24, 2.45) is 0 Å². The first-order valence-corrected chi connectivity index (χ1v) is 4.36. The van der Waals surface area contributed by atoms with Crippen molar-refractivity contribution in [3.63, 3.8) is 0 Å². The Hall–Kier alpha value is -1.90. The van der Waals surface area contributed by atoms with E-state index in [4.69, 9.17) is 15.9 Å². The molecule has 0 saturated heterocycles. The van der Waals surface area contributed by atoms with E-state index < -0.39 is 0 Å². The van der Waals surface area contributed by atoms with Gasteiger partial charge in [-0.15, -0.1) is 0 Å². The van der Waals surface area contributed by atoms with Gasteiger partial charge in [-0.2, -0.15) is 0 Å². The third kappa shape index (κ3) is 1.33. The van der Waals surface area contributed by atoms with Gasteiger partial charge in [0.25, 0.3) is 0 Å². The van der Waals surface area contributed by atoms with Crippen LogP contribution in [0.2, 0.25) is 0 Å². The predicted octanol–water partition coefficient (Wildman–Crippen LogP) is 2.42. The fraction of sp³-hybridized carbons (Fsp3) is 0.0909. The molecule has 3 heteroatoms. The molecular weight excluding hydrogens is 176 g/mol. The molecule has 0 aliphatic heterocycles. The Morgan fingerprint density at radius 3 is 2.64 bits per heavy atom. The fourth-order valence-electron chi connectivity index (χ4n) is 1.48. The molecule has 0 radical (unpaired) electrons. The molecule has 1 aromatic carbocycles. The van der Waals surface area contributed by atoms with Crippen LogP contribution in [0.4, 0.5) is 11.4 Å². The molecule has 0 aliphatic carbocycles. The molecule has 14 heavy (non-hydrogen) atoms. The van der Waals surface area contributed by atoms with Gasteiger partial charge in [0.2, 0.25) is 0 Å². The molecule has 0 fully saturated rings. The second-order valence-corrected chi connectivity index (χ2v) is 3.31. The first kappa shape index (κ1) is 8.69. The topological polar surface area (TPSA) is 65.2 Å². The van der Waals surface area contributed by atoms with Crippen LogP contribution in [0, 0.1) is 6.92 Å². The van der Waals surface area contributed by atoms with Crippen LogP contribution in [0.25, 0.3) is 11.1 Å². The average Bonchev–Trinajstić information content (AvgIpc) is 2.63. The number of hydrogen-bond acceptors (Lipinski definition) is 3. The van der Waals surface area contributed by atoms with Crippen LogP contribution in [0.5, 0.6) is 0 Å². The summed E-state index contributed by atoms with van der Waals surface area (Å²) in [7, 11) is 0. The molecule has 0 atom stereocenters. The monoisotopic (exact) mass is 188 g/mol.